The lowest BCUT2D eigenvalue weighted by molar-refractivity contribution is 0.0699. The first-order chi connectivity index (χ1) is 8.09. The van der Waals surface area contributed by atoms with E-state index in [2.05, 4.69) is 4.99 Å². The van der Waals surface area contributed by atoms with Crippen molar-refractivity contribution in [1.82, 2.24) is 0 Å². The molecular formula is C12H11N3O2. The second-order valence-electron chi connectivity index (χ2n) is 3.52. The maximum absolute atomic E-state index is 11.1. The van der Waals surface area contributed by atoms with Crippen LogP contribution in [0, 0.1) is 0 Å². The van der Waals surface area contributed by atoms with Crippen molar-refractivity contribution in [3.05, 3.63) is 42.0 Å². The molecule has 5 N–H and O–H groups in total. The van der Waals surface area contributed by atoms with Crippen molar-refractivity contribution < 1.29 is 9.90 Å². The van der Waals surface area contributed by atoms with E-state index in [9.17, 15) is 4.79 Å². The summed E-state index contributed by atoms with van der Waals surface area (Å²) in [6.07, 6.45) is 0. The van der Waals surface area contributed by atoms with Gasteiger partial charge in [-0.2, -0.15) is 0 Å². The van der Waals surface area contributed by atoms with Crippen LogP contribution < -0.4 is 11.5 Å². The van der Waals surface area contributed by atoms with Crippen molar-refractivity contribution in [2.75, 3.05) is 0 Å². The van der Waals surface area contributed by atoms with Crippen LogP contribution in [0.25, 0.3) is 10.8 Å². The number of nitrogens with two attached hydrogens (primary N) is 2. The zero-order valence-electron chi connectivity index (χ0n) is 8.92. The average molecular weight is 229 g/mol. The Morgan fingerprint density at radius 3 is 2.29 bits per heavy atom. The summed E-state index contributed by atoms with van der Waals surface area (Å²) in [5.41, 5.74) is 11.4. The fourth-order valence-corrected chi connectivity index (χ4v) is 1.71. The Bertz CT molecular complexity index is 616. The molecule has 0 saturated carbocycles. The minimum absolute atomic E-state index is 0.0572. The SMILES string of the molecule is NC(N)=Nc1ccc(C(=O)O)c2ccccc12. The molecule has 17 heavy (non-hydrogen) atoms. The van der Waals surface area contributed by atoms with Crippen LogP contribution in [0.4, 0.5) is 5.69 Å². The number of guanidine groups is 1. The maximum Gasteiger partial charge on any atom is 0.336 e. The molecule has 2 rings (SSSR count). The molecule has 0 aliphatic carbocycles. The van der Waals surface area contributed by atoms with Crippen molar-refractivity contribution in [1.29, 1.82) is 0 Å². The largest absolute Gasteiger partial charge is 0.478 e. The monoisotopic (exact) mass is 229 g/mol. The molecule has 0 atom stereocenters. The molecule has 0 saturated heterocycles. The molecule has 0 bridgehead atoms. The van der Waals surface area contributed by atoms with Crippen LogP contribution in [0.1, 0.15) is 10.4 Å². The fraction of sp³-hybridized carbons (Fsp3) is 0. The Kier molecular flexibility index (Phi) is 2.66. The highest BCUT2D eigenvalue weighted by Crippen LogP contribution is 2.28. The first-order valence-electron chi connectivity index (χ1n) is 4.94. The number of fused-ring (bicyclic) bond motifs is 1. The molecule has 0 aromatic heterocycles. The quantitative estimate of drug-likeness (QED) is 0.535. The summed E-state index contributed by atoms with van der Waals surface area (Å²) in [6.45, 7) is 0. The van der Waals surface area contributed by atoms with Crippen LogP contribution in [0.3, 0.4) is 0 Å². The summed E-state index contributed by atoms with van der Waals surface area (Å²) in [7, 11) is 0. The molecule has 0 unspecified atom stereocenters. The molecule has 0 aliphatic heterocycles. The van der Waals surface area contributed by atoms with Crippen molar-refractivity contribution in [3.8, 4) is 0 Å². The van der Waals surface area contributed by atoms with Gasteiger partial charge in [-0.1, -0.05) is 24.3 Å². The predicted octanol–water partition coefficient (Wildman–Crippen LogP) is 1.44. The van der Waals surface area contributed by atoms with Gasteiger partial charge in [-0.3, -0.25) is 0 Å². The van der Waals surface area contributed by atoms with Gasteiger partial charge in [0, 0.05) is 5.39 Å². The van der Waals surface area contributed by atoms with Gasteiger partial charge >= 0.3 is 5.97 Å². The van der Waals surface area contributed by atoms with Crippen LogP contribution in [0.5, 0.6) is 0 Å². The van der Waals surface area contributed by atoms with E-state index in [1.54, 1.807) is 30.3 Å². The second-order valence-corrected chi connectivity index (χ2v) is 3.52. The highest BCUT2D eigenvalue weighted by atomic mass is 16.4. The minimum atomic E-state index is -0.975. The predicted molar refractivity (Wildman–Crippen MR) is 66.4 cm³/mol. The van der Waals surface area contributed by atoms with E-state index < -0.39 is 5.97 Å². The summed E-state index contributed by atoms with van der Waals surface area (Å²) in [4.78, 5) is 15.0. The lowest BCUT2D eigenvalue weighted by Gasteiger charge is -2.05. The Morgan fingerprint density at radius 1 is 1.06 bits per heavy atom. The number of benzene rings is 2. The number of hydrogen-bond donors (Lipinski definition) is 3. The number of rotatable bonds is 2. The Morgan fingerprint density at radius 2 is 1.71 bits per heavy atom. The van der Waals surface area contributed by atoms with Crippen molar-refractivity contribution >= 4 is 28.4 Å². The lowest BCUT2D eigenvalue weighted by Crippen LogP contribution is -2.21. The van der Waals surface area contributed by atoms with Crippen molar-refractivity contribution in [2.24, 2.45) is 16.5 Å². The van der Waals surface area contributed by atoms with Gasteiger partial charge in [0.1, 0.15) is 0 Å². The minimum Gasteiger partial charge on any atom is -0.478 e. The summed E-state index contributed by atoms with van der Waals surface area (Å²) >= 11 is 0. The third-order valence-electron chi connectivity index (χ3n) is 2.38. The molecule has 0 spiro atoms. The molecule has 2 aromatic carbocycles. The number of aromatic carboxylic acids is 1. The van der Waals surface area contributed by atoms with Gasteiger partial charge in [-0.15, -0.1) is 0 Å². The highest BCUT2D eigenvalue weighted by Gasteiger charge is 2.10. The average Bonchev–Trinajstić information content (AvgIpc) is 2.28. The van der Waals surface area contributed by atoms with Gasteiger partial charge in [0.25, 0.3) is 0 Å². The van der Waals surface area contributed by atoms with Gasteiger partial charge in [0.05, 0.1) is 11.3 Å². The van der Waals surface area contributed by atoms with Gasteiger partial charge in [-0.05, 0) is 17.5 Å². The number of carbonyl (C=O) groups is 1. The molecule has 0 aliphatic rings. The normalized spacial score (nSPS) is 10.1. The molecule has 2 aromatic rings. The standard InChI is InChI=1S/C12H11N3O2/c13-12(14)15-10-6-5-9(11(16)17)7-3-1-2-4-8(7)10/h1-6H,(H,16,17)(H4,13,14,15). The van der Waals surface area contributed by atoms with E-state index >= 15 is 0 Å². The zero-order valence-corrected chi connectivity index (χ0v) is 8.92. The van der Waals surface area contributed by atoms with E-state index in [4.69, 9.17) is 16.6 Å². The third kappa shape index (κ3) is 2.03. The number of carboxylic acid groups (broad SMARTS) is 1. The molecular weight excluding hydrogens is 218 g/mol. The van der Waals surface area contributed by atoms with Gasteiger partial charge in [0.2, 0.25) is 0 Å². The van der Waals surface area contributed by atoms with Crippen molar-refractivity contribution in [3.63, 3.8) is 0 Å². The summed E-state index contributed by atoms with van der Waals surface area (Å²) in [5, 5.41) is 10.4. The molecule has 86 valence electrons. The Balaban J connectivity index is 2.80. The number of hydrogen-bond acceptors (Lipinski definition) is 2. The molecule has 5 heteroatoms. The van der Waals surface area contributed by atoms with E-state index in [-0.39, 0.29) is 11.5 Å². The summed E-state index contributed by atoms with van der Waals surface area (Å²) < 4.78 is 0. The molecule has 5 nitrogen and oxygen atoms in total. The second kappa shape index (κ2) is 4.13. The molecule has 0 radical (unpaired) electrons. The van der Waals surface area contributed by atoms with E-state index in [0.29, 0.717) is 16.5 Å². The van der Waals surface area contributed by atoms with E-state index in [0.717, 1.165) is 0 Å². The van der Waals surface area contributed by atoms with E-state index in [1.807, 2.05) is 0 Å². The van der Waals surface area contributed by atoms with Crippen LogP contribution in [0.15, 0.2) is 41.4 Å². The number of nitrogens with zero attached hydrogens (tertiary/aromatic N) is 1. The van der Waals surface area contributed by atoms with E-state index in [1.165, 1.54) is 6.07 Å². The van der Waals surface area contributed by atoms with Crippen LogP contribution in [-0.4, -0.2) is 17.0 Å². The summed E-state index contributed by atoms with van der Waals surface area (Å²) in [5.74, 6) is -1.03. The third-order valence-corrected chi connectivity index (χ3v) is 2.38. The first kappa shape index (κ1) is 10.9. The topological polar surface area (TPSA) is 102 Å². The Hall–Kier alpha value is -2.56. The van der Waals surface area contributed by atoms with Crippen molar-refractivity contribution in [2.45, 2.75) is 0 Å². The van der Waals surface area contributed by atoms with Gasteiger partial charge < -0.3 is 16.6 Å². The Labute approximate surface area is 97.4 Å². The lowest BCUT2D eigenvalue weighted by atomic mass is 10.0. The molecule has 0 amide bonds. The smallest absolute Gasteiger partial charge is 0.336 e. The van der Waals surface area contributed by atoms with Gasteiger partial charge in [0.15, 0.2) is 5.96 Å². The van der Waals surface area contributed by atoms with Crippen LogP contribution in [-0.2, 0) is 0 Å². The zero-order chi connectivity index (χ0) is 12.4. The molecule has 0 heterocycles. The highest BCUT2D eigenvalue weighted by molar-refractivity contribution is 6.07. The van der Waals surface area contributed by atoms with Gasteiger partial charge in [-0.25, -0.2) is 9.79 Å². The van der Waals surface area contributed by atoms with Crippen LogP contribution >= 0.6 is 0 Å². The number of carboxylic acids is 1. The maximum atomic E-state index is 11.1. The first-order valence-corrected chi connectivity index (χ1v) is 4.94. The van der Waals surface area contributed by atoms with Crippen LogP contribution in [0.2, 0.25) is 0 Å². The fourth-order valence-electron chi connectivity index (χ4n) is 1.71. The molecule has 0 fully saturated rings. The summed E-state index contributed by atoms with van der Waals surface area (Å²) in [6, 6.07) is 10.2. The number of aliphatic imine (C=N–C) groups is 1.